The first-order valence-electron chi connectivity index (χ1n) is 5.39. The van der Waals surface area contributed by atoms with Gasteiger partial charge in [0.05, 0.1) is 0 Å². The maximum Gasteiger partial charge on any atom is 0.254 e. The number of alkyl halides is 3. The van der Waals surface area contributed by atoms with Gasteiger partial charge in [0.15, 0.2) is 0 Å². The SMILES string of the molecule is FC1(F)CCN(C2CCSC2)CC1CCl. The number of hydrogen-bond donors (Lipinski definition) is 0. The monoisotopic (exact) mass is 255 g/mol. The summed E-state index contributed by atoms with van der Waals surface area (Å²) >= 11 is 7.55. The molecule has 0 aromatic heterocycles. The van der Waals surface area contributed by atoms with E-state index >= 15 is 0 Å². The topological polar surface area (TPSA) is 3.24 Å². The van der Waals surface area contributed by atoms with Crippen LogP contribution >= 0.6 is 23.4 Å². The maximum absolute atomic E-state index is 13.4. The zero-order valence-corrected chi connectivity index (χ0v) is 10.2. The molecule has 0 spiro atoms. The first-order chi connectivity index (χ1) is 7.13. The van der Waals surface area contributed by atoms with E-state index in [9.17, 15) is 8.78 Å². The van der Waals surface area contributed by atoms with Crippen molar-refractivity contribution in [3.8, 4) is 0 Å². The highest BCUT2D eigenvalue weighted by atomic mass is 35.5. The Bertz CT molecular complexity index is 221. The van der Waals surface area contributed by atoms with Crippen LogP contribution in [0.2, 0.25) is 0 Å². The molecular weight excluding hydrogens is 240 g/mol. The normalized spacial score (nSPS) is 37.0. The number of nitrogens with zero attached hydrogens (tertiary/aromatic N) is 1. The number of thioether (sulfide) groups is 1. The average Bonchev–Trinajstić information content (AvgIpc) is 2.70. The van der Waals surface area contributed by atoms with Gasteiger partial charge in [-0.1, -0.05) is 0 Å². The van der Waals surface area contributed by atoms with Crippen molar-refractivity contribution in [1.82, 2.24) is 4.90 Å². The van der Waals surface area contributed by atoms with E-state index < -0.39 is 11.8 Å². The van der Waals surface area contributed by atoms with E-state index in [0.29, 0.717) is 19.1 Å². The molecule has 2 unspecified atom stereocenters. The Morgan fingerprint density at radius 1 is 1.47 bits per heavy atom. The summed E-state index contributed by atoms with van der Waals surface area (Å²) in [6, 6.07) is 0.511. The van der Waals surface area contributed by atoms with E-state index in [-0.39, 0.29) is 12.3 Å². The van der Waals surface area contributed by atoms with Crippen LogP contribution in [0.15, 0.2) is 0 Å². The van der Waals surface area contributed by atoms with Gasteiger partial charge in [0.1, 0.15) is 0 Å². The van der Waals surface area contributed by atoms with Crippen LogP contribution in [0.1, 0.15) is 12.8 Å². The molecule has 1 nitrogen and oxygen atoms in total. The predicted molar refractivity (Wildman–Crippen MR) is 61.1 cm³/mol. The zero-order valence-electron chi connectivity index (χ0n) is 8.59. The van der Waals surface area contributed by atoms with Gasteiger partial charge in [-0.2, -0.15) is 11.8 Å². The number of hydrogen-bond acceptors (Lipinski definition) is 2. The van der Waals surface area contributed by atoms with Crippen molar-refractivity contribution in [1.29, 1.82) is 0 Å². The molecule has 2 fully saturated rings. The van der Waals surface area contributed by atoms with Crippen LogP contribution in [0, 0.1) is 5.92 Å². The first kappa shape index (κ1) is 11.9. The van der Waals surface area contributed by atoms with Crippen molar-refractivity contribution in [2.75, 3.05) is 30.5 Å². The highest BCUT2D eigenvalue weighted by molar-refractivity contribution is 7.99. The van der Waals surface area contributed by atoms with Crippen LogP contribution in [0.5, 0.6) is 0 Å². The molecule has 2 atom stereocenters. The molecule has 0 saturated carbocycles. The molecule has 2 heterocycles. The second-order valence-electron chi connectivity index (χ2n) is 4.37. The first-order valence-corrected chi connectivity index (χ1v) is 7.08. The van der Waals surface area contributed by atoms with Gasteiger partial charge in [-0.3, -0.25) is 4.90 Å². The Labute approximate surface area is 98.5 Å². The molecule has 2 aliphatic rings. The summed E-state index contributed by atoms with van der Waals surface area (Å²) in [5.41, 5.74) is 0. The second kappa shape index (κ2) is 4.76. The summed E-state index contributed by atoms with van der Waals surface area (Å²) in [6.45, 7) is 1.01. The molecular formula is C10H16ClF2NS. The molecule has 0 radical (unpaired) electrons. The Morgan fingerprint density at radius 3 is 2.87 bits per heavy atom. The minimum Gasteiger partial charge on any atom is -0.299 e. The summed E-state index contributed by atoms with van der Waals surface area (Å²) in [5.74, 6) is -0.865. The van der Waals surface area contributed by atoms with E-state index in [4.69, 9.17) is 11.6 Å². The molecule has 0 amide bonds. The summed E-state index contributed by atoms with van der Waals surface area (Å²) in [4.78, 5) is 2.21. The highest BCUT2D eigenvalue weighted by Gasteiger charge is 2.44. The molecule has 88 valence electrons. The molecule has 0 aliphatic carbocycles. The van der Waals surface area contributed by atoms with Crippen LogP contribution in [0.4, 0.5) is 8.78 Å². The molecule has 2 rings (SSSR count). The van der Waals surface area contributed by atoms with E-state index in [1.807, 2.05) is 11.8 Å². The van der Waals surface area contributed by atoms with Crippen molar-refractivity contribution in [3.05, 3.63) is 0 Å². The fraction of sp³-hybridized carbons (Fsp3) is 1.00. The van der Waals surface area contributed by atoms with E-state index in [2.05, 4.69) is 4.90 Å². The van der Waals surface area contributed by atoms with Gasteiger partial charge in [0.2, 0.25) is 0 Å². The Hall–Kier alpha value is 0.460. The smallest absolute Gasteiger partial charge is 0.254 e. The Morgan fingerprint density at radius 2 is 2.27 bits per heavy atom. The third kappa shape index (κ3) is 2.59. The zero-order chi connectivity index (χ0) is 10.9. The molecule has 0 aromatic rings. The molecule has 5 heteroatoms. The van der Waals surface area contributed by atoms with Crippen molar-refractivity contribution < 1.29 is 8.78 Å². The van der Waals surface area contributed by atoms with Crippen LogP contribution in [-0.2, 0) is 0 Å². The maximum atomic E-state index is 13.4. The van der Waals surface area contributed by atoms with Crippen LogP contribution in [0.25, 0.3) is 0 Å². The lowest BCUT2D eigenvalue weighted by Crippen LogP contribution is -2.51. The summed E-state index contributed by atoms with van der Waals surface area (Å²) < 4.78 is 26.8. The Kier molecular flexibility index (Phi) is 3.79. The van der Waals surface area contributed by atoms with Gasteiger partial charge in [-0.15, -0.1) is 11.6 Å². The third-order valence-corrected chi connectivity index (χ3v) is 4.91. The van der Waals surface area contributed by atoms with Crippen molar-refractivity contribution in [3.63, 3.8) is 0 Å². The third-order valence-electron chi connectivity index (χ3n) is 3.39. The van der Waals surface area contributed by atoms with Crippen molar-refractivity contribution in [2.24, 2.45) is 5.92 Å². The minimum absolute atomic E-state index is 0.0223. The van der Waals surface area contributed by atoms with Gasteiger partial charge in [-0.25, -0.2) is 8.78 Å². The molecule has 0 N–H and O–H groups in total. The largest absolute Gasteiger partial charge is 0.299 e. The lowest BCUT2D eigenvalue weighted by Gasteiger charge is -2.40. The molecule has 2 saturated heterocycles. The summed E-state index contributed by atoms with van der Waals surface area (Å²) in [6.07, 6.45) is 1.12. The molecule has 15 heavy (non-hydrogen) atoms. The molecule has 0 aromatic carbocycles. The molecule has 2 aliphatic heterocycles. The van der Waals surface area contributed by atoms with Gasteiger partial charge < -0.3 is 0 Å². The van der Waals surface area contributed by atoms with Crippen molar-refractivity contribution in [2.45, 2.75) is 24.8 Å². The fourth-order valence-electron chi connectivity index (χ4n) is 2.31. The van der Waals surface area contributed by atoms with Crippen LogP contribution < -0.4 is 0 Å². The highest BCUT2D eigenvalue weighted by Crippen LogP contribution is 2.36. The van der Waals surface area contributed by atoms with Gasteiger partial charge in [0, 0.05) is 43.1 Å². The lowest BCUT2D eigenvalue weighted by molar-refractivity contribution is -0.103. The average molecular weight is 256 g/mol. The number of likely N-dealkylation sites (tertiary alicyclic amines) is 1. The number of halogens is 3. The van der Waals surface area contributed by atoms with Gasteiger partial charge in [0.25, 0.3) is 5.92 Å². The van der Waals surface area contributed by atoms with Crippen LogP contribution in [0.3, 0.4) is 0 Å². The van der Waals surface area contributed by atoms with E-state index in [0.717, 1.165) is 12.2 Å². The fourth-order valence-corrected chi connectivity index (χ4v) is 3.89. The quantitative estimate of drug-likeness (QED) is 0.698. The predicted octanol–water partition coefficient (Wildman–Crippen LogP) is 2.69. The standard InChI is InChI=1S/C10H16ClF2NS/c11-5-8-6-14(3-2-10(8,12)13)9-1-4-15-7-9/h8-9H,1-7H2. The minimum atomic E-state index is -2.55. The van der Waals surface area contributed by atoms with Crippen molar-refractivity contribution >= 4 is 23.4 Å². The van der Waals surface area contributed by atoms with Gasteiger partial charge in [-0.05, 0) is 12.2 Å². The van der Waals surface area contributed by atoms with E-state index in [1.165, 1.54) is 5.75 Å². The number of rotatable bonds is 2. The molecule has 0 bridgehead atoms. The summed E-state index contributed by atoms with van der Waals surface area (Å²) in [5, 5.41) is 0. The van der Waals surface area contributed by atoms with E-state index in [1.54, 1.807) is 0 Å². The lowest BCUT2D eigenvalue weighted by atomic mass is 9.94. The van der Waals surface area contributed by atoms with Crippen LogP contribution in [-0.4, -0.2) is 47.3 Å². The summed E-state index contributed by atoms with van der Waals surface area (Å²) in [7, 11) is 0. The second-order valence-corrected chi connectivity index (χ2v) is 5.83. The number of piperidine rings is 1. The Balaban J connectivity index is 1.95. The van der Waals surface area contributed by atoms with Gasteiger partial charge >= 0.3 is 0 Å².